The Balaban J connectivity index is 1.32. The van der Waals surface area contributed by atoms with Crippen molar-refractivity contribution in [3.8, 4) is 0 Å². The van der Waals surface area contributed by atoms with Crippen LogP contribution in [0.2, 0.25) is 0 Å². The second-order valence-electron chi connectivity index (χ2n) is 11.7. The highest BCUT2D eigenvalue weighted by Gasteiger charge is 2.51. The molecular formula is C34H40F2N4O. The molecule has 5 rings (SSSR count). The fourth-order valence-electron chi connectivity index (χ4n) is 6.43. The minimum absolute atomic E-state index is 0.198. The van der Waals surface area contributed by atoms with Crippen molar-refractivity contribution in [2.24, 2.45) is 4.99 Å². The molecule has 5 nitrogen and oxygen atoms in total. The Morgan fingerprint density at radius 3 is 2.10 bits per heavy atom. The summed E-state index contributed by atoms with van der Waals surface area (Å²) in [5, 5.41) is 0. The summed E-state index contributed by atoms with van der Waals surface area (Å²) >= 11 is 0. The molecule has 0 fully saturated rings. The molecular weight excluding hydrogens is 518 g/mol. The van der Waals surface area contributed by atoms with Gasteiger partial charge in [-0.05, 0) is 97.3 Å². The van der Waals surface area contributed by atoms with Gasteiger partial charge in [-0.2, -0.15) is 0 Å². The Labute approximate surface area is 242 Å². The summed E-state index contributed by atoms with van der Waals surface area (Å²) in [5.41, 5.74) is 2.87. The molecule has 0 aromatic heterocycles. The van der Waals surface area contributed by atoms with Crippen molar-refractivity contribution >= 4 is 11.9 Å². The van der Waals surface area contributed by atoms with Crippen LogP contribution in [-0.4, -0.2) is 66.8 Å². The van der Waals surface area contributed by atoms with Crippen molar-refractivity contribution in [3.63, 3.8) is 0 Å². The van der Waals surface area contributed by atoms with E-state index in [0.29, 0.717) is 23.6 Å². The average molecular weight is 559 g/mol. The fraction of sp³-hybridized carbons (Fsp3) is 0.412. The quantitative estimate of drug-likeness (QED) is 0.308. The lowest BCUT2D eigenvalue weighted by molar-refractivity contribution is -0.130. The highest BCUT2D eigenvalue weighted by molar-refractivity contribution is 6.09. The molecule has 1 aliphatic heterocycles. The molecule has 0 spiro atoms. The second kappa shape index (κ2) is 11.7. The molecule has 1 atom stereocenters. The summed E-state index contributed by atoms with van der Waals surface area (Å²) in [5.74, 6) is -0.451. The topological polar surface area (TPSA) is 39.1 Å². The maximum absolute atomic E-state index is 14.3. The Hall–Kier alpha value is -3.58. The van der Waals surface area contributed by atoms with Crippen LogP contribution in [0, 0.1) is 11.6 Å². The average Bonchev–Trinajstić information content (AvgIpc) is 3.47. The van der Waals surface area contributed by atoms with Gasteiger partial charge in [0.05, 0.1) is 0 Å². The van der Waals surface area contributed by atoms with Crippen molar-refractivity contribution < 1.29 is 13.6 Å². The Morgan fingerprint density at radius 1 is 0.902 bits per heavy atom. The number of nitrogens with zero attached hydrogens (tertiary/aromatic N) is 4. The zero-order valence-electron chi connectivity index (χ0n) is 24.5. The van der Waals surface area contributed by atoms with Gasteiger partial charge in [-0.3, -0.25) is 9.69 Å². The van der Waals surface area contributed by atoms with Crippen LogP contribution in [0.1, 0.15) is 55.4 Å². The number of carbonyl (C=O) groups excluding carboxylic acids is 1. The van der Waals surface area contributed by atoms with E-state index in [1.165, 1.54) is 41.8 Å². The zero-order chi connectivity index (χ0) is 29.2. The van der Waals surface area contributed by atoms with E-state index in [2.05, 4.69) is 43.0 Å². The molecule has 1 amide bonds. The van der Waals surface area contributed by atoms with Gasteiger partial charge in [0.25, 0.3) is 5.91 Å². The SMILES string of the molecule is CCN(CCCN1C(=O)C(c2ccc(F)cc2)(c2ccc(F)cc2)N=C1N(C)C)CCC1(C)CCc2ccccc21. The maximum atomic E-state index is 14.3. The summed E-state index contributed by atoms with van der Waals surface area (Å²) in [6.45, 7) is 7.87. The molecule has 41 heavy (non-hydrogen) atoms. The van der Waals surface area contributed by atoms with Crippen molar-refractivity contribution in [1.82, 2.24) is 14.7 Å². The summed E-state index contributed by atoms with van der Waals surface area (Å²) in [6.07, 6.45) is 4.21. The van der Waals surface area contributed by atoms with Crippen molar-refractivity contribution in [2.75, 3.05) is 40.3 Å². The summed E-state index contributed by atoms with van der Waals surface area (Å²) in [6, 6.07) is 20.6. The first-order chi connectivity index (χ1) is 19.7. The standard InChI is InChI=1S/C34H40F2N4O/c1-5-39(24-21-33(2)20-19-25-9-6-7-10-30(25)33)22-8-23-40-31(41)34(37-32(40)38(3)4,26-11-15-28(35)16-12-26)27-13-17-29(36)18-14-27/h6-7,9-18H,5,8,19-24H2,1-4H3. The van der Waals surface area contributed by atoms with E-state index in [1.807, 2.05) is 19.0 Å². The molecule has 3 aromatic rings. The van der Waals surface area contributed by atoms with Crippen LogP contribution < -0.4 is 0 Å². The molecule has 7 heteroatoms. The first kappa shape index (κ1) is 28.9. The maximum Gasteiger partial charge on any atom is 0.266 e. The fourth-order valence-corrected chi connectivity index (χ4v) is 6.43. The molecule has 0 radical (unpaired) electrons. The number of aliphatic imine (C=N–C) groups is 1. The van der Waals surface area contributed by atoms with Crippen LogP contribution in [-0.2, 0) is 22.2 Å². The number of hydrogen-bond donors (Lipinski definition) is 0. The van der Waals surface area contributed by atoms with Gasteiger partial charge in [0.15, 0.2) is 5.54 Å². The van der Waals surface area contributed by atoms with E-state index in [9.17, 15) is 13.6 Å². The summed E-state index contributed by atoms with van der Waals surface area (Å²) < 4.78 is 27.7. The number of halogens is 2. The minimum atomic E-state index is -1.41. The van der Waals surface area contributed by atoms with E-state index < -0.39 is 17.2 Å². The Kier molecular flexibility index (Phi) is 8.28. The van der Waals surface area contributed by atoms with Crippen molar-refractivity contribution in [2.45, 2.75) is 50.5 Å². The predicted molar refractivity (Wildman–Crippen MR) is 160 cm³/mol. The van der Waals surface area contributed by atoms with E-state index in [1.54, 1.807) is 29.2 Å². The molecule has 2 aliphatic rings. The van der Waals surface area contributed by atoms with Gasteiger partial charge in [0, 0.05) is 20.6 Å². The van der Waals surface area contributed by atoms with E-state index in [-0.39, 0.29) is 11.3 Å². The van der Waals surface area contributed by atoms with E-state index in [0.717, 1.165) is 38.9 Å². The molecule has 1 aliphatic carbocycles. The third-order valence-electron chi connectivity index (χ3n) is 8.88. The zero-order valence-corrected chi connectivity index (χ0v) is 24.5. The molecule has 1 heterocycles. The normalized spacial score (nSPS) is 19.5. The van der Waals surface area contributed by atoms with Gasteiger partial charge in [0.1, 0.15) is 11.6 Å². The first-order valence-electron chi connectivity index (χ1n) is 14.6. The van der Waals surface area contributed by atoms with Gasteiger partial charge in [-0.25, -0.2) is 13.8 Å². The van der Waals surface area contributed by atoms with Crippen LogP contribution >= 0.6 is 0 Å². The van der Waals surface area contributed by atoms with Crippen LogP contribution in [0.5, 0.6) is 0 Å². The van der Waals surface area contributed by atoms with Gasteiger partial charge < -0.3 is 9.80 Å². The summed E-state index contributed by atoms with van der Waals surface area (Å²) in [4.78, 5) is 25.3. The number of guanidine groups is 1. The second-order valence-corrected chi connectivity index (χ2v) is 11.7. The number of amides is 1. The Bertz CT molecular complexity index is 1360. The monoisotopic (exact) mass is 558 g/mol. The highest BCUT2D eigenvalue weighted by atomic mass is 19.1. The molecule has 0 saturated carbocycles. The number of benzene rings is 3. The Morgan fingerprint density at radius 2 is 1.51 bits per heavy atom. The van der Waals surface area contributed by atoms with E-state index in [4.69, 9.17) is 4.99 Å². The number of carbonyl (C=O) groups is 1. The van der Waals surface area contributed by atoms with Crippen LogP contribution in [0.15, 0.2) is 77.8 Å². The smallest absolute Gasteiger partial charge is 0.266 e. The lowest BCUT2D eigenvalue weighted by Crippen LogP contribution is -2.45. The first-order valence-corrected chi connectivity index (χ1v) is 14.6. The van der Waals surface area contributed by atoms with Gasteiger partial charge in [-0.15, -0.1) is 0 Å². The van der Waals surface area contributed by atoms with Crippen molar-refractivity contribution in [3.05, 3.63) is 107 Å². The number of hydrogen-bond acceptors (Lipinski definition) is 4. The van der Waals surface area contributed by atoms with Crippen LogP contribution in [0.3, 0.4) is 0 Å². The number of aryl methyl sites for hydroxylation is 1. The molecule has 0 N–H and O–H groups in total. The van der Waals surface area contributed by atoms with Gasteiger partial charge in [0.2, 0.25) is 5.96 Å². The van der Waals surface area contributed by atoms with Crippen molar-refractivity contribution in [1.29, 1.82) is 0 Å². The number of rotatable bonds is 10. The molecule has 216 valence electrons. The van der Waals surface area contributed by atoms with Crippen LogP contribution in [0.4, 0.5) is 8.78 Å². The van der Waals surface area contributed by atoms with E-state index >= 15 is 0 Å². The number of fused-ring (bicyclic) bond motifs is 1. The molecule has 1 unspecified atom stereocenters. The molecule has 3 aromatic carbocycles. The lowest BCUT2D eigenvalue weighted by atomic mass is 9.81. The third kappa shape index (κ3) is 5.52. The molecule has 0 bridgehead atoms. The largest absolute Gasteiger partial charge is 0.349 e. The minimum Gasteiger partial charge on any atom is -0.349 e. The highest BCUT2D eigenvalue weighted by Crippen LogP contribution is 2.42. The third-order valence-corrected chi connectivity index (χ3v) is 8.88. The van der Waals surface area contributed by atoms with Crippen LogP contribution in [0.25, 0.3) is 0 Å². The van der Waals surface area contributed by atoms with Gasteiger partial charge >= 0.3 is 0 Å². The predicted octanol–water partition coefficient (Wildman–Crippen LogP) is 5.97. The lowest BCUT2D eigenvalue weighted by Gasteiger charge is -2.31. The molecule has 0 saturated heterocycles. The summed E-state index contributed by atoms with van der Waals surface area (Å²) in [7, 11) is 3.73. The van der Waals surface area contributed by atoms with Gasteiger partial charge in [-0.1, -0.05) is 62.4 Å².